The van der Waals surface area contributed by atoms with Crippen LogP contribution in [0, 0.1) is 0 Å². The first-order chi connectivity index (χ1) is 16.8. The van der Waals surface area contributed by atoms with E-state index in [4.69, 9.17) is 14.5 Å². The number of aliphatic imine (C=N–C) groups is 1. The lowest BCUT2D eigenvalue weighted by Crippen LogP contribution is -2.30. The highest BCUT2D eigenvalue weighted by molar-refractivity contribution is 6.16. The number of ether oxygens (including phenoxy) is 2. The van der Waals surface area contributed by atoms with E-state index in [1.54, 1.807) is 4.68 Å². The van der Waals surface area contributed by atoms with Crippen LogP contribution in [0.5, 0.6) is 17.5 Å². The van der Waals surface area contributed by atoms with Crippen LogP contribution in [0.4, 0.5) is 0 Å². The molecule has 0 N–H and O–H groups in total. The Kier molecular flexibility index (Phi) is 4.78. The van der Waals surface area contributed by atoms with Gasteiger partial charge in [-0.3, -0.25) is 4.99 Å². The number of rotatable bonds is 4. The molecule has 0 amide bonds. The maximum Gasteiger partial charge on any atom is 0.346 e. The topological polar surface area (TPSA) is 74.4 Å². The zero-order valence-electron chi connectivity index (χ0n) is 20.3. The van der Waals surface area contributed by atoms with Crippen molar-refractivity contribution < 1.29 is 9.47 Å². The SMILES string of the molecule is CC1(C)Cc2cc(Oc3nnnn3-c3ccccc3)c3c(c2C(c2ccccc2)=N1)CC(C)(C)O3. The Hall–Kier alpha value is -4.00. The third kappa shape index (κ3) is 3.87. The van der Waals surface area contributed by atoms with E-state index in [-0.39, 0.29) is 11.1 Å². The summed E-state index contributed by atoms with van der Waals surface area (Å²) in [5.74, 6) is 1.36. The standard InChI is InChI=1S/C28H27N5O2/c1-27(2)16-19-15-22(34-26-30-31-32-33(26)20-13-9-6-10-14-20)25-21(17-28(3,4)35-25)23(19)24(29-27)18-11-7-5-8-12-18/h5-15H,16-17H2,1-4H3. The number of benzene rings is 3. The highest BCUT2D eigenvalue weighted by Crippen LogP contribution is 2.48. The lowest BCUT2D eigenvalue weighted by molar-refractivity contribution is 0.134. The smallest absolute Gasteiger partial charge is 0.346 e. The zero-order valence-corrected chi connectivity index (χ0v) is 20.3. The van der Waals surface area contributed by atoms with Gasteiger partial charge in [-0.15, -0.1) is 0 Å². The van der Waals surface area contributed by atoms with Crippen LogP contribution in [0.15, 0.2) is 71.7 Å². The average Bonchev–Trinajstić information content (AvgIpc) is 3.42. The molecule has 2 aliphatic rings. The Morgan fingerprint density at radius 3 is 2.37 bits per heavy atom. The molecule has 6 rings (SSSR count). The molecule has 2 aliphatic heterocycles. The summed E-state index contributed by atoms with van der Waals surface area (Å²) in [6, 6.07) is 22.5. The first-order valence-corrected chi connectivity index (χ1v) is 11.8. The van der Waals surface area contributed by atoms with E-state index < -0.39 is 0 Å². The Labute approximate surface area is 204 Å². The zero-order chi connectivity index (χ0) is 24.2. The number of hydrogen-bond acceptors (Lipinski definition) is 6. The third-order valence-corrected chi connectivity index (χ3v) is 6.37. The van der Waals surface area contributed by atoms with Crippen LogP contribution in [0.1, 0.15) is 49.9 Å². The Balaban J connectivity index is 1.51. The molecular formula is C28H27N5O2. The molecule has 0 unspecified atom stereocenters. The van der Waals surface area contributed by atoms with Crippen molar-refractivity contribution in [3.63, 3.8) is 0 Å². The van der Waals surface area contributed by atoms with E-state index in [2.05, 4.69) is 73.6 Å². The van der Waals surface area contributed by atoms with Crippen LogP contribution >= 0.6 is 0 Å². The van der Waals surface area contributed by atoms with Gasteiger partial charge < -0.3 is 9.47 Å². The second-order valence-corrected chi connectivity index (χ2v) is 10.4. The molecule has 7 nitrogen and oxygen atoms in total. The minimum Gasteiger partial charge on any atom is -0.483 e. The van der Waals surface area contributed by atoms with Crippen molar-refractivity contribution in [2.24, 2.45) is 4.99 Å². The number of para-hydroxylation sites is 1. The van der Waals surface area contributed by atoms with Gasteiger partial charge in [0.25, 0.3) is 0 Å². The van der Waals surface area contributed by atoms with Gasteiger partial charge in [-0.1, -0.05) is 53.6 Å². The van der Waals surface area contributed by atoms with Crippen molar-refractivity contribution in [1.82, 2.24) is 20.2 Å². The second-order valence-electron chi connectivity index (χ2n) is 10.4. The number of nitrogens with zero attached hydrogens (tertiary/aromatic N) is 5. The van der Waals surface area contributed by atoms with E-state index in [1.165, 1.54) is 5.56 Å². The van der Waals surface area contributed by atoms with E-state index in [9.17, 15) is 0 Å². The largest absolute Gasteiger partial charge is 0.483 e. The minimum atomic E-state index is -0.365. The first-order valence-electron chi connectivity index (χ1n) is 11.8. The lowest BCUT2D eigenvalue weighted by atomic mass is 9.81. The van der Waals surface area contributed by atoms with E-state index in [0.29, 0.717) is 11.8 Å². The molecule has 0 bridgehead atoms. The molecule has 0 saturated heterocycles. The summed E-state index contributed by atoms with van der Waals surface area (Å²) >= 11 is 0. The first kappa shape index (κ1) is 21.5. The molecule has 0 aliphatic carbocycles. The van der Waals surface area contributed by atoms with Gasteiger partial charge >= 0.3 is 6.01 Å². The third-order valence-electron chi connectivity index (χ3n) is 6.37. The molecule has 7 heteroatoms. The van der Waals surface area contributed by atoms with Crippen LogP contribution in [-0.2, 0) is 12.8 Å². The van der Waals surface area contributed by atoms with Crippen LogP contribution in [0.2, 0.25) is 0 Å². The Morgan fingerprint density at radius 2 is 1.63 bits per heavy atom. The molecule has 3 aromatic carbocycles. The van der Waals surface area contributed by atoms with Crippen LogP contribution in [0.3, 0.4) is 0 Å². The number of tetrazole rings is 1. The summed E-state index contributed by atoms with van der Waals surface area (Å²) in [5, 5.41) is 12.1. The molecule has 0 radical (unpaired) electrons. The van der Waals surface area contributed by atoms with Gasteiger partial charge in [0.05, 0.1) is 16.9 Å². The van der Waals surface area contributed by atoms with Gasteiger partial charge in [-0.05, 0) is 68.3 Å². The maximum atomic E-state index is 6.46. The highest BCUT2D eigenvalue weighted by Gasteiger charge is 2.40. The summed E-state index contributed by atoms with van der Waals surface area (Å²) < 4.78 is 14.4. The molecule has 0 saturated carbocycles. The summed E-state index contributed by atoms with van der Waals surface area (Å²) in [4.78, 5) is 5.19. The van der Waals surface area contributed by atoms with E-state index in [0.717, 1.165) is 46.7 Å². The maximum absolute atomic E-state index is 6.46. The average molecular weight is 466 g/mol. The summed E-state index contributed by atoms with van der Waals surface area (Å²) in [6.07, 6.45) is 1.56. The molecule has 0 atom stereocenters. The summed E-state index contributed by atoms with van der Waals surface area (Å²) in [6.45, 7) is 8.54. The fraction of sp³-hybridized carbons (Fsp3) is 0.286. The fourth-order valence-corrected chi connectivity index (χ4v) is 5.02. The number of fused-ring (bicyclic) bond motifs is 3. The molecule has 0 fully saturated rings. The van der Waals surface area contributed by atoms with Crippen molar-refractivity contribution in [1.29, 1.82) is 0 Å². The van der Waals surface area contributed by atoms with Gasteiger partial charge in [-0.25, -0.2) is 0 Å². The fourth-order valence-electron chi connectivity index (χ4n) is 5.02. The predicted octanol–water partition coefficient (Wildman–Crippen LogP) is 5.34. The van der Waals surface area contributed by atoms with Crippen LogP contribution in [-0.4, -0.2) is 37.1 Å². The molecule has 1 aromatic heterocycles. The van der Waals surface area contributed by atoms with Gasteiger partial charge in [0.2, 0.25) is 0 Å². The molecule has 35 heavy (non-hydrogen) atoms. The number of hydrogen-bond donors (Lipinski definition) is 0. The summed E-state index contributed by atoms with van der Waals surface area (Å²) in [5.41, 5.74) is 5.80. The molecule has 4 aromatic rings. The number of aromatic nitrogens is 4. The van der Waals surface area contributed by atoms with Crippen LogP contribution < -0.4 is 9.47 Å². The van der Waals surface area contributed by atoms with Crippen molar-refractivity contribution in [3.05, 3.63) is 89.0 Å². The van der Waals surface area contributed by atoms with Gasteiger partial charge in [-0.2, -0.15) is 4.68 Å². The van der Waals surface area contributed by atoms with Crippen molar-refractivity contribution in [3.8, 4) is 23.2 Å². The van der Waals surface area contributed by atoms with Crippen LogP contribution in [0.25, 0.3) is 5.69 Å². The predicted molar refractivity (Wildman–Crippen MR) is 134 cm³/mol. The highest BCUT2D eigenvalue weighted by atomic mass is 16.5. The minimum absolute atomic E-state index is 0.246. The van der Waals surface area contributed by atoms with Gasteiger partial charge in [0.15, 0.2) is 11.5 Å². The summed E-state index contributed by atoms with van der Waals surface area (Å²) in [7, 11) is 0. The molecule has 3 heterocycles. The monoisotopic (exact) mass is 465 g/mol. The Bertz CT molecular complexity index is 1440. The van der Waals surface area contributed by atoms with Crippen molar-refractivity contribution in [2.45, 2.75) is 51.7 Å². The van der Waals surface area contributed by atoms with E-state index >= 15 is 0 Å². The molecular weight excluding hydrogens is 438 g/mol. The molecule has 0 spiro atoms. The van der Waals surface area contributed by atoms with Gasteiger partial charge in [0.1, 0.15) is 5.60 Å². The molecule has 176 valence electrons. The Morgan fingerprint density at radius 1 is 0.914 bits per heavy atom. The second kappa shape index (κ2) is 7.77. The lowest BCUT2D eigenvalue weighted by Gasteiger charge is -2.31. The normalized spacial score (nSPS) is 17.2. The van der Waals surface area contributed by atoms with Crippen molar-refractivity contribution in [2.75, 3.05) is 0 Å². The van der Waals surface area contributed by atoms with Gasteiger partial charge in [0, 0.05) is 23.1 Å². The van der Waals surface area contributed by atoms with Crippen molar-refractivity contribution >= 4 is 5.71 Å². The van der Waals surface area contributed by atoms with E-state index in [1.807, 2.05) is 36.4 Å². The quantitative estimate of drug-likeness (QED) is 0.407.